The maximum atomic E-state index is 14.8. The van der Waals surface area contributed by atoms with E-state index in [0.29, 0.717) is 25.0 Å². The van der Waals surface area contributed by atoms with Crippen molar-refractivity contribution in [3.63, 3.8) is 0 Å². The molecule has 4 unspecified atom stereocenters. The number of carbonyl (C=O) groups is 5. The van der Waals surface area contributed by atoms with E-state index in [9.17, 15) is 59.2 Å². The van der Waals surface area contributed by atoms with E-state index in [-0.39, 0.29) is 64.2 Å². The van der Waals surface area contributed by atoms with Gasteiger partial charge in [-0.15, -0.1) is 18.3 Å². The van der Waals surface area contributed by atoms with Gasteiger partial charge in [0.05, 0.1) is 69.1 Å². The highest BCUT2D eigenvalue weighted by atomic mass is 32.1. The van der Waals surface area contributed by atoms with Crippen molar-refractivity contribution in [1.82, 2.24) is 24.8 Å². The van der Waals surface area contributed by atoms with Crippen LogP contribution in [0.25, 0.3) is 0 Å². The fourth-order valence-electron chi connectivity index (χ4n) is 7.95. The molecule has 0 aliphatic carbocycles. The van der Waals surface area contributed by atoms with Gasteiger partial charge >= 0.3 is 0 Å². The number of alkyl halides is 1. The van der Waals surface area contributed by atoms with E-state index in [1.165, 1.54) is 33.6 Å². The molecule has 1 aromatic heterocycles. The Morgan fingerprint density at radius 2 is 1.61 bits per heavy atom. The van der Waals surface area contributed by atoms with Crippen LogP contribution in [-0.4, -0.2) is 181 Å². The number of aliphatic hydroxyl groups excluding tert-OH is 3. The van der Waals surface area contributed by atoms with Crippen molar-refractivity contribution >= 4 is 42.2 Å². The van der Waals surface area contributed by atoms with Crippen LogP contribution < -0.4 is 15.5 Å². The number of carbonyl (C=O) groups excluding carboxylic acids is 5. The summed E-state index contributed by atoms with van der Waals surface area (Å²) < 4.78 is 57.0. The number of carboxylic acid groups (broad SMARTS) is 2. The number of hydrogen-bond acceptors (Lipinski definition) is 23. The van der Waals surface area contributed by atoms with Crippen molar-refractivity contribution < 1.29 is 102 Å². The molecule has 25 nitrogen and oxygen atoms in total. The molecule has 0 aromatic carbocycles. The summed E-state index contributed by atoms with van der Waals surface area (Å²) in [6.45, 7) is 8.28. The molecule has 27 heteroatoms. The maximum Gasteiger partial charge on any atom is 0.236 e. The second-order valence-electron chi connectivity index (χ2n) is 15.6. The summed E-state index contributed by atoms with van der Waals surface area (Å²) in [5.41, 5.74) is 0.391. The first-order valence-electron chi connectivity index (χ1n) is 20.9. The third kappa shape index (κ3) is 13.6. The summed E-state index contributed by atoms with van der Waals surface area (Å²) in [6.07, 6.45) is -12.2. The molecule has 66 heavy (non-hydrogen) atoms. The smallest absolute Gasteiger partial charge is 0.236 e. The number of hydrogen-bond donors (Lipinski definition) is 3. The van der Waals surface area contributed by atoms with E-state index in [1.807, 2.05) is 0 Å². The molecular formula is C39H53FN5O20S-3. The van der Waals surface area contributed by atoms with Crippen LogP contribution in [0.2, 0.25) is 0 Å². The van der Waals surface area contributed by atoms with Gasteiger partial charge in [-0.25, -0.2) is 14.0 Å². The van der Waals surface area contributed by atoms with Gasteiger partial charge in [-0.2, -0.15) is 4.21 Å². The molecule has 5 rings (SSSR count). The minimum Gasteiger partial charge on any atom is -0.692 e. The topological polar surface area (TPSA) is 343 Å². The predicted molar refractivity (Wildman–Crippen MR) is 208 cm³/mol. The molecule has 4 saturated heterocycles. The Labute approximate surface area is 382 Å². The second kappa shape index (κ2) is 26.3. The number of aliphatic carboxylic acids is 2. The lowest BCUT2D eigenvalue weighted by Gasteiger charge is -2.46. The molecule has 0 bridgehead atoms. The zero-order valence-electron chi connectivity index (χ0n) is 35.7. The van der Waals surface area contributed by atoms with Gasteiger partial charge in [-0.3, -0.25) is 24.3 Å². The molecule has 0 spiro atoms. The van der Waals surface area contributed by atoms with Gasteiger partial charge in [0.2, 0.25) is 17.7 Å². The number of aromatic nitrogens is 3. The summed E-state index contributed by atoms with van der Waals surface area (Å²) >= 11 is 2.83. The van der Waals surface area contributed by atoms with Crippen LogP contribution in [0.15, 0.2) is 31.5 Å². The third-order valence-electron chi connectivity index (χ3n) is 11.4. The number of aliphatic hydroxyl groups is 3. The average molecular weight is 963 g/mol. The Morgan fingerprint density at radius 1 is 0.924 bits per heavy atom. The summed E-state index contributed by atoms with van der Waals surface area (Å²) in [6, 6.07) is 0. The van der Waals surface area contributed by atoms with E-state index in [0.717, 1.165) is 0 Å². The minimum atomic E-state index is -2.04. The fraction of sp³-hybridized carbons (Fsp3) is 0.718. The number of fused-ring (bicyclic) bond motifs is 1. The molecule has 1 aromatic rings. The van der Waals surface area contributed by atoms with Crippen LogP contribution in [-0.2, 0) is 87.9 Å². The molecule has 370 valence electrons. The Kier molecular flexibility index (Phi) is 21.6. The Bertz CT molecular complexity index is 1770. The van der Waals surface area contributed by atoms with Gasteiger partial charge in [0.15, 0.2) is 25.1 Å². The summed E-state index contributed by atoms with van der Waals surface area (Å²) in [5, 5.41) is 76.2. The van der Waals surface area contributed by atoms with Gasteiger partial charge in [0.1, 0.15) is 55.1 Å². The monoisotopic (exact) mass is 962 g/mol. The van der Waals surface area contributed by atoms with E-state index in [4.69, 9.17) is 32.6 Å². The number of ether oxygens (including phenoxy) is 6. The predicted octanol–water partition coefficient (Wildman–Crippen LogP) is -5.39. The van der Waals surface area contributed by atoms with Crippen LogP contribution in [0.4, 0.5) is 4.39 Å². The van der Waals surface area contributed by atoms with E-state index in [1.54, 1.807) is 6.20 Å². The second-order valence-corrected chi connectivity index (χ2v) is 15.6. The lowest BCUT2D eigenvalue weighted by molar-refractivity contribution is -0.801. The van der Waals surface area contributed by atoms with Crippen molar-refractivity contribution in [1.29, 1.82) is 0 Å². The first kappa shape index (κ1) is 54.2. The summed E-state index contributed by atoms with van der Waals surface area (Å²) in [5.74, 6) is -6.86. The Hall–Kier alpha value is -4.36. The van der Waals surface area contributed by atoms with Crippen molar-refractivity contribution in [2.45, 2.75) is 120 Å². The molecule has 4 aliphatic heterocycles. The first-order valence-corrected chi connectivity index (χ1v) is 21.2. The standard InChI is InChI=1S/C39H56FN5O19.OS/c1-4-22-27-28(23(5-2)60-22)36(53)45(35(27)52)12-8-6-7-11-43(25(46)9-10-26(47)48)17-21-18-44(42-41-21)13-14-57-15-16-58-39-32(51)31(50)33(34(63-39)37(54)55)62-38-20(3)29(40)30(49)24(61-38)19-59-64-56;1-2/h4-5,18,20,22-24,27-34,38-39,49-51,56H,1-2,6-17,19H2,3H3,(H,47,48)(H,54,55);/p-3/t20?,22-,23+,24?,27+,28-,29-,30-,31-,32?,33+,34?,38-,39-;/m1./s1. The van der Waals surface area contributed by atoms with E-state index < -0.39 is 116 Å². The van der Waals surface area contributed by atoms with Gasteiger partial charge in [-0.05, 0) is 25.7 Å². The maximum absolute atomic E-state index is 14.8. The number of likely N-dealkylation sites (tertiary alicyclic amines) is 1. The van der Waals surface area contributed by atoms with Crippen LogP contribution in [0, 0.1) is 17.8 Å². The SMILES string of the molecule is C=C[C@@H]1O[C@H](C=C)[C@@H]2C(=O)N(CCCCCN(Cc3cn(CCOCCO[C@@H]4OC(C(=O)[O-])[C@@H](O[C@H]5OC(COO[O-])[C@@H](O)[C@H](F)C5C)[C@H](O)C4O)nn3)C(=O)CCC(=O)[O-])C(=O)[C@@H]21.O=S. The van der Waals surface area contributed by atoms with E-state index in [2.05, 4.69) is 45.9 Å². The fourth-order valence-corrected chi connectivity index (χ4v) is 7.95. The molecule has 3 N–H and O–H groups in total. The molecule has 0 saturated carbocycles. The molecular weight excluding hydrogens is 910 g/mol. The molecule has 3 amide bonds. The highest BCUT2D eigenvalue weighted by Crippen LogP contribution is 2.41. The number of nitrogens with zero attached hydrogens (tertiary/aromatic N) is 5. The number of imide groups is 1. The molecule has 4 fully saturated rings. The van der Waals surface area contributed by atoms with Gasteiger partial charge in [0.25, 0.3) is 0 Å². The highest BCUT2D eigenvalue weighted by Gasteiger charge is 2.58. The van der Waals surface area contributed by atoms with Crippen molar-refractivity contribution in [2.75, 3.05) is 39.5 Å². The summed E-state index contributed by atoms with van der Waals surface area (Å²) in [4.78, 5) is 69.1. The van der Waals surface area contributed by atoms with Crippen LogP contribution in [0.1, 0.15) is 44.7 Å². The van der Waals surface area contributed by atoms with Gasteiger partial charge in [0, 0.05) is 31.4 Å². The lowest BCUT2D eigenvalue weighted by Crippen LogP contribution is -2.65. The van der Waals surface area contributed by atoms with Crippen LogP contribution >= 0.6 is 0 Å². The van der Waals surface area contributed by atoms with Gasteiger partial charge in [-0.1, -0.05) is 24.3 Å². The molecule has 4 aliphatic rings. The molecule has 14 atom stereocenters. The number of halogens is 1. The normalized spacial score (nSPS) is 31.8. The number of amides is 3. The highest BCUT2D eigenvalue weighted by molar-refractivity contribution is 7.44. The average Bonchev–Trinajstić information content (AvgIpc) is 3.99. The van der Waals surface area contributed by atoms with Crippen LogP contribution in [0.5, 0.6) is 0 Å². The minimum absolute atomic E-state index is 0.00684. The number of carboxylic acids is 2. The Balaban J connectivity index is 0.00000469. The quantitative estimate of drug-likeness (QED) is 0.0256. The zero-order chi connectivity index (χ0) is 48.7. The summed E-state index contributed by atoms with van der Waals surface area (Å²) in [7, 11) is 0. The lowest BCUT2D eigenvalue weighted by atomic mass is 9.89. The largest absolute Gasteiger partial charge is 0.692 e. The zero-order valence-corrected chi connectivity index (χ0v) is 36.5. The van der Waals surface area contributed by atoms with E-state index >= 15 is 0 Å². The third-order valence-corrected chi connectivity index (χ3v) is 11.4. The molecule has 0 radical (unpaired) electrons. The first-order chi connectivity index (χ1) is 31.6. The van der Waals surface area contributed by atoms with Gasteiger partial charge < -0.3 is 73.7 Å². The Morgan fingerprint density at radius 3 is 2.23 bits per heavy atom. The van der Waals surface area contributed by atoms with Crippen molar-refractivity contribution in [2.24, 2.45) is 17.8 Å². The van der Waals surface area contributed by atoms with Crippen molar-refractivity contribution in [3.8, 4) is 0 Å². The number of unbranched alkanes of at least 4 members (excludes halogenated alkanes) is 2. The van der Waals surface area contributed by atoms with Crippen LogP contribution in [0.3, 0.4) is 0 Å². The molecule has 5 heterocycles. The number of rotatable bonds is 26. The van der Waals surface area contributed by atoms with Crippen molar-refractivity contribution in [3.05, 3.63) is 37.2 Å².